The van der Waals surface area contributed by atoms with Crippen LogP contribution in [0.4, 0.5) is 5.82 Å². The molecule has 1 aromatic heterocycles. The van der Waals surface area contributed by atoms with Gasteiger partial charge in [0.1, 0.15) is 11.7 Å². The van der Waals surface area contributed by atoms with Crippen LogP contribution in [-0.4, -0.2) is 23.9 Å². The third-order valence-corrected chi connectivity index (χ3v) is 2.94. The summed E-state index contributed by atoms with van der Waals surface area (Å²) in [5.74, 6) is 1.91. The number of nitrogens with zero attached hydrogens (tertiary/aromatic N) is 2. The molecule has 0 aromatic carbocycles. The monoisotopic (exact) mass is 218 g/mol. The highest BCUT2D eigenvalue weighted by atomic mass is 15.2. The maximum absolute atomic E-state index is 7.31. The van der Waals surface area contributed by atoms with Gasteiger partial charge in [-0.25, -0.2) is 4.98 Å². The van der Waals surface area contributed by atoms with E-state index in [0.29, 0.717) is 5.56 Å². The van der Waals surface area contributed by atoms with E-state index < -0.39 is 0 Å². The third kappa shape index (κ3) is 2.51. The van der Waals surface area contributed by atoms with Gasteiger partial charge in [-0.2, -0.15) is 0 Å². The molecular weight excluding hydrogens is 200 g/mol. The summed E-state index contributed by atoms with van der Waals surface area (Å²) in [5, 5.41) is 7.31. The van der Waals surface area contributed by atoms with E-state index in [2.05, 4.69) is 16.8 Å². The number of hydrogen-bond donors (Lipinski definition) is 2. The van der Waals surface area contributed by atoms with Gasteiger partial charge in [0.15, 0.2) is 0 Å². The van der Waals surface area contributed by atoms with E-state index in [-0.39, 0.29) is 5.84 Å². The molecule has 0 radical (unpaired) electrons. The largest absolute Gasteiger partial charge is 0.384 e. The zero-order valence-electron chi connectivity index (χ0n) is 9.61. The Labute approximate surface area is 96.0 Å². The van der Waals surface area contributed by atoms with Crippen molar-refractivity contribution in [3.63, 3.8) is 0 Å². The van der Waals surface area contributed by atoms with E-state index in [1.54, 1.807) is 6.20 Å². The molecule has 4 heteroatoms. The Hall–Kier alpha value is -1.58. The van der Waals surface area contributed by atoms with Crippen LogP contribution in [0.15, 0.2) is 18.3 Å². The van der Waals surface area contributed by atoms with Crippen LogP contribution in [0.25, 0.3) is 0 Å². The summed E-state index contributed by atoms with van der Waals surface area (Å²) in [7, 11) is 0. The smallest absolute Gasteiger partial charge is 0.128 e. The molecule has 1 aliphatic rings. The van der Waals surface area contributed by atoms with E-state index in [1.807, 2.05) is 12.1 Å². The number of nitrogen functional groups attached to an aromatic ring is 1. The second-order valence-electron chi connectivity index (χ2n) is 4.30. The van der Waals surface area contributed by atoms with E-state index in [1.165, 1.54) is 12.8 Å². The number of nitrogens with one attached hydrogen (secondary N) is 1. The lowest BCUT2D eigenvalue weighted by molar-refractivity contribution is 0.732. The zero-order valence-corrected chi connectivity index (χ0v) is 9.61. The van der Waals surface area contributed by atoms with Crippen LogP contribution in [0.1, 0.15) is 25.3 Å². The van der Waals surface area contributed by atoms with E-state index in [0.717, 1.165) is 24.8 Å². The summed E-state index contributed by atoms with van der Waals surface area (Å²) in [6, 6.07) is 3.81. The van der Waals surface area contributed by atoms with Gasteiger partial charge >= 0.3 is 0 Å². The molecule has 0 saturated heterocycles. The standard InChI is InChI=1S/C12H18N4/c1-2-16(8-9-3-4-9)11-6-5-10(7-15-11)12(13)14/h5-7,9H,2-4,8H2,1H3,(H3,13,14). The summed E-state index contributed by atoms with van der Waals surface area (Å²) in [6.07, 6.45) is 4.37. The minimum atomic E-state index is 0.0734. The lowest BCUT2D eigenvalue weighted by Crippen LogP contribution is -2.26. The first-order valence-electron chi connectivity index (χ1n) is 5.76. The topological polar surface area (TPSA) is 66.0 Å². The Kier molecular flexibility index (Phi) is 3.08. The Balaban J connectivity index is 2.08. The summed E-state index contributed by atoms with van der Waals surface area (Å²) in [5.41, 5.74) is 6.08. The molecule has 1 aliphatic carbocycles. The molecule has 2 rings (SSSR count). The summed E-state index contributed by atoms with van der Waals surface area (Å²) < 4.78 is 0. The zero-order chi connectivity index (χ0) is 11.5. The fourth-order valence-corrected chi connectivity index (χ4v) is 1.73. The van der Waals surface area contributed by atoms with E-state index >= 15 is 0 Å². The van der Waals surface area contributed by atoms with Gasteiger partial charge in [0, 0.05) is 24.8 Å². The highest BCUT2D eigenvalue weighted by molar-refractivity contribution is 5.94. The molecular formula is C12H18N4. The molecule has 16 heavy (non-hydrogen) atoms. The van der Waals surface area contributed by atoms with Gasteiger partial charge in [-0.1, -0.05) is 0 Å². The van der Waals surface area contributed by atoms with E-state index in [4.69, 9.17) is 11.1 Å². The second-order valence-corrected chi connectivity index (χ2v) is 4.30. The lowest BCUT2D eigenvalue weighted by atomic mass is 10.2. The molecule has 0 amide bonds. The van der Waals surface area contributed by atoms with E-state index in [9.17, 15) is 0 Å². The highest BCUT2D eigenvalue weighted by Gasteiger charge is 2.24. The van der Waals surface area contributed by atoms with Crippen LogP contribution in [0.2, 0.25) is 0 Å². The van der Waals surface area contributed by atoms with Crippen LogP contribution >= 0.6 is 0 Å². The number of anilines is 1. The van der Waals surface area contributed by atoms with Crippen LogP contribution < -0.4 is 10.6 Å². The number of hydrogen-bond acceptors (Lipinski definition) is 3. The van der Waals surface area contributed by atoms with Crippen molar-refractivity contribution in [1.82, 2.24) is 4.98 Å². The van der Waals surface area contributed by atoms with Gasteiger partial charge in [-0.3, -0.25) is 5.41 Å². The molecule has 0 bridgehead atoms. The van der Waals surface area contributed by atoms with Crippen molar-refractivity contribution >= 4 is 11.7 Å². The Morgan fingerprint density at radius 3 is 2.75 bits per heavy atom. The maximum Gasteiger partial charge on any atom is 0.128 e. The Morgan fingerprint density at radius 1 is 1.56 bits per heavy atom. The molecule has 1 saturated carbocycles. The second kappa shape index (κ2) is 4.51. The first-order valence-corrected chi connectivity index (χ1v) is 5.76. The van der Waals surface area contributed by atoms with Crippen molar-refractivity contribution in [3.8, 4) is 0 Å². The predicted molar refractivity (Wildman–Crippen MR) is 65.9 cm³/mol. The quantitative estimate of drug-likeness (QED) is 0.582. The molecule has 1 fully saturated rings. The maximum atomic E-state index is 7.31. The average Bonchev–Trinajstić information content (AvgIpc) is 3.10. The summed E-state index contributed by atoms with van der Waals surface area (Å²) in [6.45, 7) is 4.22. The fourth-order valence-electron chi connectivity index (χ4n) is 1.73. The van der Waals surface area contributed by atoms with Gasteiger partial charge in [-0.15, -0.1) is 0 Å². The minimum absolute atomic E-state index is 0.0734. The van der Waals surface area contributed by atoms with Gasteiger partial charge < -0.3 is 10.6 Å². The number of amidine groups is 1. The van der Waals surface area contributed by atoms with Crippen molar-refractivity contribution in [2.75, 3.05) is 18.0 Å². The lowest BCUT2D eigenvalue weighted by Gasteiger charge is -2.21. The number of aromatic nitrogens is 1. The number of rotatable bonds is 5. The van der Waals surface area contributed by atoms with Crippen LogP contribution in [0, 0.1) is 11.3 Å². The number of pyridine rings is 1. The minimum Gasteiger partial charge on any atom is -0.384 e. The Morgan fingerprint density at radius 2 is 2.31 bits per heavy atom. The van der Waals surface area contributed by atoms with Gasteiger partial charge in [0.25, 0.3) is 0 Å². The van der Waals surface area contributed by atoms with Crippen LogP contribution in [0.3, 0.4) is 0 Å². The SMILES string of the molecule is CCN(CC1CC1)c1ccc(C(=N)N)cn1. The van der Waals surface area contributed by atoms with Crippen molar-refractivity contribution in [2.24, 2.45) is 11.7 Å². The van der Waals surface area contributed by atoms with Crippen molar-refractivity contribution in [3.05, 3.63) is 23.9 Å². The summed E-state index contributed by atoms with van der Waals surface area (Å²) in [4.78, 5) is 6.64. The first-order chi connectivity index (χ1) is 7.70. The van der Waals surface area contributed by atoms with Crippen molar-refractivity contribution in [2.45, 2.75) is 19.8 Å². The number of nitrogens with two attached hydrogens (primary N) is 1. The molecule has 86 valence electrons. The molecule has 0 atom stereocenters. The van der Waals surface area contributed by atoms with Crippen LogP contribution in [0.5, 0.6) is 0 Å². The first kappa shape index (κ1) is 10.9. The third-order valence-electron chi connectivity index (χ3n) is 2.94. The van der Waals surface area contributed by atoms with Gasteiger partial charge in [0.2, 0.25) is 0 Å². The molecule has 0 unspecified atom stereocenters. The van der Waals surface area contributed by atoms with Crippen molar-refractivity contribution < 1.29 is 0 Å². The van der Waals surface area contributed by atoms with Crippen LogP contribution in [-0.2, 0) is 0 Å². The predicted octanol–water partition coefficient (Wildman–Crippen LogP) is 1.60. The molecule has 3 N–H and O–H groups in total. The van der Waals surface area contributed by atoms with Crippen molar-refractivity contribution in [1.29, 1.82) is 5.41 Å². The van der Waals surface area contributed by atoms with Gasteiger partial charge in [0.05, 0.1) is 0 Å². The molecule has 1 heterocycles. The molecule has 0 spiro atoms. The summed E-state index contributed by atoms with van der Waals surface area (Å²) >= 11 is 0. The average molecular weight is 218 g/mol. The van der Waals surface area contributed by atoms with Gasteiger partial charge in [-0.05, 0) is 37.8 Å². The highest BCUT2D eigenvalue weighted by Crippen LogP contribution is 2.30. The Bertz CT molecular complexity index is 367. The fraction of sp³-hybridized carbons (Fsp3) is 0.500. The normalized spacial score (nSPS) is 14.8. The molecule has 4 nitrogen and oxygen atoms in total. The molecule has 1 aromatic rings. The molecule has 0 aliphatic heterocycles.